The van der Waals surface area contributed by atoms with Crippen LogP contribution in [0.2, 0.25) is 0 Å². The van der Waals surface area contributed by atoms with Gasteiger partial charge in [0, 0.05) is 0 Å². The zero-order chi connectivity index (χ0) is 8.15. The summed E-state index contributed by atoms with van der Waals surface area (Å²) >= 11 is 0. The van der Waals surface area contributed by atoms with Gasteiger partial charge in [-0.2, -0.15) is 0 Å². The lowest BCUT2D eigenvalue weighted by Gasteiger charge is -2.16. The van der Waals surface area contributed by atoms with Gasteiger partial charge >= 0.3 is 0 Å². The number of hydrogen-bond donors (Lipinski definition) is 0. The Bertz CT molecular complexity index is 131. The van der Waals surface area contributed by atoms with Crippen LogP contribution in [0.15, 0.2) is 24.3 Å². The highest BCUT2D eigenvalue weighted by Crippen LogP contribution is 2.19. The topological polar surface area (TPSA) is 0 Å². The molecule has 0 saturated heterocycles. The summed E-state index contributed by atoms with van der Waals surface area (Å²) in [5, 5.41) is 0. The summed E-state index contributed by atoms with van der Waals surface area (Å²) < 4.78 is 0. The minimum atomic E-state index is 0.594. The predicted molar refractivity (Wildman–Crippen MR) is 48.0 cm³/mol. The molecule has 58 valence electrons. The molecule has 0 fully saturated rings. The fourth-order valence-corrected chi connectivity index (χ4v) is 0.882. The largest absolute Gasteiger partial charge is 0.103 e. The van der Waals surface area contributed by atoms with E-state index in [2.05, 4.69) is 40.3 Å². The second-order valence-corrected chi connectivity index (χ2v) is 2.92. The Morgan fingerprint density at radius 1 is 1.40 bits per heavy atom. The second-order valence-electron chi connectivity index (χ2n) is 2.92. The fraction of sp³-hybridized carbons (Fsp3) is 0.600. The molecule has 0 saturated carbocycles. The smallest absolute Gasteiger partial charge is 0.0174 e. The van der Waals surface area contributed by atoms with Gasteiger partial charge in [-0.25, -0.2) is 0 Å². The Labute approximate surface area is 64.6 Å². The predicted octanol–water partition coefficient (Wildman–Crippen LogP) is 3.41. The van der Waals surface area contributed by atoms with E-state index in [1.807, 2.05) is 6.08 Å². The van der Waals surface area contributed by atoms with E-state index in [0.29, 0.717) is 11.8 Å². The molecule has 0 aromatic heterocycles. The Balaban J connectivity index is 4.06. The van der Waals surface area contributed by atoms with Crippen LogP contribution in [-0.2, 0) is 0 Å². The van der Waals surface area contributed by atoms with E-state index in [1.165, 1.54) is 5.57 Å². The van der Waals surface area contributed by atoms with E-state index < -0.39 is 0 Å². The molecule has 0 aliphatic heterocycles. The molecule has 0 aromatic rings. The Morgan fingerprint density at radius 3 is 2.20 bits per heavy atom. The summed E-state index contributed by atoms with van der Waals surface area (Å²) in [5.41, 5.74) is 1.45. The minimum Gasteiger partial charge on any atom is -0.103 e. The molecule has 0 amide bonds. The van der Waals surface area contributed by atoms with Crippen LogP contribution in [0.4, 0.5) is 0 Å². The highest BCUT2D eigenvalue weighted by atomic mass is 14.1. The zero-order valence-corrected chi connectivity index (χ0v) is 7.52. The first kappa shape index (κ1) is 9.48. The molecule has 0 radical (unpaired) electrons. The van der Waals surface area contributed by atoms with Crippen LogP contribution < -0.4 is 0 Å². The molecule has 0 aliphatic carbocycles. The third-order valence-corrected chi connectivity index (χ3v) is 2.33. The quantitative estimate of drug-likeness (QED) is 0.524. The minimum absolute atomic E-state index is 0.594. The van der Waals surface area contributed by atoms with Crippen molar-refractivity contribution >= 4 is 0 Å². The van der Waals surface area contributed by atoms with E-state index in [0.717, 1.165) is 0 Å². The van der Waals surface area contributed by atoms with Gasteiger partial charge in [0.25, 0.3) is 0 Å². The fourth-order valence-electron chi connectivity index (χ4n) is 0.882. The SMILES string of the molecule is C=CC(C)C(C)C(C)=CC. The van der Waals surface area contributed by atoms with E-state index in [9.17, 15) is 0 Å². The molecule has 0 heteroatoms. The Kier molecular flexibility index (Phi) is 4.10. The summed E-state index contributed by atoms with van der Waals surface area (Å²) in [6.07, 6.45) is 4.18. The van der Waals surface area contributed by atoms with Crippen molar-refractivity contribution < 1.29 is 0 Å². The van der Waals surface area contributed by atoms with Crippen molar-refractivity contribution in [3.05, 3.63) is 24.3 Å². The van der Waals surface area contributed by atoms with Gasteiger partial charge < -0.3 is 0 Å². The normalized spacial score (nSPS) is 18.2. The molecule has 2 unspecified atom stereocenters. The van der Waals surface area contributed by atoms with Crippen molar-refractivity contribution in [3.63, 3.8) is 0 Å². The molecule has 2 atom stereocenters. The van der Waals surface area contributed by atoms with Gasteiger partial charge in [0.1, 0.15) is 0 Å². The van der Waals surface area contributed by atoms with Crippen molar-refractivity contribution in [2.75, 3.05) is 0 Å². The summed E-state index contributed by atoms with van der Waals surface area (Å²) in [6, 6.07) is 0. The maximum Gasteiger partial charge on any atom is -0.0174 e. The number of rotatable bonds is 3. The van der Waals surface area contributed by atoms with Gasteiger partial charge in [-0.15, -0.1) is 6.58 Å². The van der Waals surface area contributed by atoms with Gasteiger partial charge in [-0.1, -0.05) is 31.6 Å². The van der Waals surface area contributed by atoms with E-state index in [1.54, 1.807) is 0 Å². The maximum atomic E-state index is 3.77. The van der Waals surface area contributed by atoms with Crippen molar-refractivity contribution in [2.45, 2.75) is 27.7 Å². The first-order valence-electron chi connectivity index (χ1n) is 3.88. The second kappa shape index (κ2) is 4.32. The van der Waals surface area contributed by atoms with E-state index >= 15 is 0 Å². The average molecular weight is 138 g/mol. The molecule has 0 spiro atoms. The van der Waals surface area contributed by atoms with Gasteiger partial charge in [0.2, 0.25) is 0 Å². The summed E-state index contributed by atoms with van der Waals surface area (Å²) in [6.45, 7) is 12.5. The lowest BCUT2D eigenvalue weighted by atomic mass is 9.90. The molecule has 0 aliphatic rings. The van der Waals surface area contributed by atoms with Crippen LogP contribution >= 0.6 is 0 Å². The van der Waals surface area contributed by atoms with Gasteiger partial charge in [-0.3, -0.25) is 0 Å². The average Bonchev–Trinajstić information content (AvgIpc) is 2.00. The number of allylic oxidation sites excluding steroid dienone is 3. The monoisotopic (exact) mass is 138 g/mol. The highest BCUT2D eigenvalue weighted by Gasteiger charge is 2.08. The van der Waals surface area contributed by atoms with Gasteiger partial charge in [-0.05, 0) is 25.7 Å². The molecule has 0 aromatic carbocycles. The molecule has 0 bridgehead atoms. The van der Waals surface area contributed by atoms with Crippen LogP contribution in [0.3, 0.4) is 0 Å². The van der Waals surface area contributed by atoms with E-state index in [4.69, 9.17) is 0 Å². The van der Waals surface area contributed by atoms with Crippen LogP contribution in [0, 0.1) is 11.8 Å². The summed E-state index contributed by atoms with van der Waals surface area (Å²) in [5.74, 6) is 1.23. The van der Waals surface area contributed by atoms with Crippen molar-refractivity contribution in [2.24, 2.45) is 11.8 Å². The first-order valence-corrected chi connectivity index (χ1v) is 3.88. The van der Waals surface area contributed by atoms with Crippen molar-refractivity contribution in [1.82, 2.24) is 0 Å². The molecule has 0 nitrogen and oxygen atoms in total. The standard InChI is InChI=1S/C10H18/c1-6-8(3)10(5)9(4)7-2/h6-8,10H,1H2,2-5H3. The zero-order valence-electron chi connectivity index (χ0n) is 7.52. The third kappa shape index (κ3) is 2.38. The highest BCUT2D eigenvalue weighted by molar-refractivity contribution is 5.04. The summed E-state index contributed by atoms with van der Waals surface area (Å²) in [4.78, 5) is 0. The molecule has 0 rings (SSSR count). The lowest BCUT2D eigenvalue weighted by Crippen LogP contribution is -2.05. The van der Waals surface area contributed by atoms with Crippen LogP contribution in [0.5, 0.6) is 0 Å². The summed E-state index contributed by atoms with van der Waals surface area (Å²) in [7, 11) is 0. The molecular formula is C10H18. The van der Waals surface area contributed by atoms with Gasteiger partial charge in [0.05, 0.1) is 0 Å². The van der Waals surface area contributed by atoms with Gasteiger partial charge in [0.15, 0.2) is 0 Å². The maximum absolute atomic E-state index is 3.77. The van der Waals surface area contributed by atoms with Crippen molar-refractivity contribution in [1.29, 1.82) is 0 Å². The van der Waals surface area contributed by atoms with E-state index in [-0.39, 0.29) is 0 Å². The number of hydrogen-bond acceptors (Lipinski definition) is 0. The van der Waals surface area contributed by atoms with Crippen LogP contribution in [-0.4, -0.2) is 0 Å². The van der Waals surface area contributed by atoms with Crippen LogP contribution in [0.1, 0.15) is 27.7 Å². The molecule has 10 heavy (non-hydrogen) atoms. The van der Waals surface area contributed by atoms with Crippen LogP contribution in [0.25, 0.3) is 0 Å². The Morgan fingerprint density at radius 2 is 1.90 bits per heavy atom. The third-order valence-electron chi connectivity index (χ3n) is 2.33. The molecule has 0 N–H and O–H groups in total. The molecule has 0 heterocycles. The Hall–Kier alpha value is -0.520. The molecular weight excluding hydrogens is 120 g/mol. The first-order chi connectivity index (χ1) is 4.63. The lowest BCUT2D eigenvalue weighted by molar-refractivity contribution is 0.530. The van der Waals surface area contributed by atoms with Crippen molar-refractivity contribution in [3.8, 4) is 0 Å².